The molecule has 6 heteroatoms. The molecule has 1 heterocycles. The van der Waals surface area contributed by atoms with Gasteiger partial charge in [-0.3, -0.25) is 0 Å². The van der Waals surface area contributed by atoms with Crippen LogP contribution in [0.5, 0.6) is 0 Å². The Bertz CT molecular complexity index is 296. The second-order valence-corrected chi connectivity index (χ2v) is 6.73. The van der Waals surface area contributed by atoms with E-state index in [1.165, 1.54) is 12.8 Å². The molecule has 1 saturated heterocycles. The van der Waals surface area contributed by atoms with E-state index in [0.29, 0.717) is 18.9 Å². The molecular weight excluding hydrogens is 275 g/mol. The van der Waals surface area contributed by atoms with Crippen LogP contribution in [0.15, 0.2) is 0 Å². The first kappa shape index (κ1) is 15.4. The van der Waals surface area contributed by atoms with Gasteiger partial charge in [-0.25, -0.2) is 0 Å². The van der Waals surface area contributed by atoms with Gasteiger partial charge in [0.1, 0.15) is 0 Å². The van der Waals surface area contributed by atoms with E-state index < -0.39 is 5.51 Å². The first-order valence-electron chi connectivity index (χ1n) is 7.00. The Morgan fingerprint density at radius 3 is 2.68 bits per heavy atom. The van der Waals surface area contributed by atoms with Gasteiger partial charge in [0.2, 0.25) is 0 Å². The molecule has 2 nitrogen and oxygen atoms in total. The predicted molar refractivity (Wildman–Crippen MR) is 71.2 cm³/mol. The van der Waals surface area contributed by atoms with Gasteiger partial charge in [-0.1, -0.05) is 18.7 Å². The van der Waals surface area contributed by atoms with Crippen molar-refractivity contribution in [1.82, 2.24) is 5.32 Å². The van der Waals surface area contributed by atoms with Crippen molar-refractivity contribution in [1.29, 1.82) is 0 Å². The first-order valence-corrected chi connectivity index (χ1v) is 7.98. The van der Waals surface area contributed by atoms with Gasteiger partial charge in [0.25, 0.3) is 0 Å². The van der Waals surface area contributed by atoms with E-state index in [2.05, 4.69) is 5.32 Å². The summed E-state index contributed by atoms with van der Waals surface area (Å²) in [5.41, 5.74) is -4.21. The lowest BCUT2D eigenvalue weighted by molar-refractivity contribution is -0.0331. The summed E-state index contributed by atoms with van der Waals surface area (Å²) in [5, 5.41) is 3.32. The number of rotatable bonds is 7. The van der Waals surface area contributed by atoms with Crippen LogP contribution in [-0.4, -0.2) is 37.1 Å². The van der Waals surface area contributed by atoms with Gasteiger partial charge in [0, 0.05) is 24.3 Å². The topological polar surface area (TPSA) is 21.3 Å². The highest BCUT2D eigenvalue weighted by Crippen LogP contribution is 2.50. The highest BCUT2D eigenvalue weighted by atomic mass is 32.2. The van der Waals surface area contributed by atoms with Crippen molar-refractivity contribution in [3.05, 3.63) is 0 Å². The standard InChI is InChI=1S/C13H22F3NOS/c1-2-17-9-12(6-8-19-13(14,15)16)5-7-18-11(12)10-3-4-10/h10-11,17H,2-9H2,1H3. The molecule has 0 spiro atoms. The fourth-order valence-corrected chi connectivity index (χ4v) is 3.77. The monoisotopic (exact) mass is 297 g/mol. The molecule has 0 aromatic heterocycles. The van der Waals surface area contributed by atoms with Gasteiger partial charge in [0.05, 0.1) is 6.10 Å². The third-order valence-corrected chi connectivity index (χ3v) is 4.88. The van der Waals surface area contributed by atoms with Gasteiger partial charge < -0.3 is 10.1 Å². The van der Waals surface area contributed by atoms with E-state index in [1.54, 1.807) is 0 Å². The normalized spacial score (nSPS) is 31.9. The van der Waals surface area contributed by atoms with E-state index in [9.17, 15) is 13.2 Å². The molecule has 0 radical (unpaired) electrons. The molecular formula is C13H22F3NOS. The molecule has 19 heavy (non-hydrogen) atoms. The second-order valence-electron chi connectivity index (χ2n) is 5.57. The summed E-state index contributed by atoms with van der Waals surface area (Å²) in [4.78, 5) is 0. The molecule has 2 aliphatic rings. The van der Waals surface area contributed by atoms with E-state index in [1.807, 2.05) is 6.92 Å². The highest BCUT2D eigenvalue weighted by molar-refractivity contribution is 8.00. The number of hydrogen-bond acceptors (Lipinski definition) is 3. The molecule has 2 fully saturated rings. The SMILES string of the molecule is CCNCC1(CCSC(F)(F)F)CCOC1C1CC1. The lowest BCUT2D eigenvalue weighted by Gasteiger charge is -2.34. The molecule has 2 unspecified atom stereocenters. The van der Waals surface area contributed by atoms with E-state index >= 15 is 0 Å². The molecule has 1 aliphatic carbocycles. The largest absolute Gasteiger partial charge is 0.441 e. The summed E-state index contributed by atoms with van der Waals surface area (Å²) in [6.45, 7) is 4.36. The van der Waals surface area contributed by atoms with Gasteiger partial charge >= 0.3 is 5.51 Å². The fraction of sp³-hybridized carbons (Fsp3) is 1.00. The molecule has 0 amide bonds. The van der Waals surface area contributed by atoms with Crippen LogP contribution in [0.3, 0.4) is 0 Å². The third-order valence-electron chi connectivity index (χ3n) is 4.14. The van der Waals surface area contributed by atoms with Crippen LogP contribution in [-0.2, 0) is 4.74 Å². The predicted octanol–water partition coefficient (Wildman–Crippen LogP) is 3.42. The zero-order valence-corrected chi connectivity index (χ0v) is 12.1. The summed E-state index contributed by atoms with van der Waals surface area (Å²) in [6.07, 6.45) is 3.99. The summed E-state index contributed by atoms with van der Waals surface area (Å²) < 4.78 is 42.7. The molecule has 0 bridgehead atoms. The Labute approximate surface area is 116 Å². The summed E-state index contributed by atoms with van der Waals surface area (Å²) in [5.74, 6) is 0.721. The maximum atomic E-state index is 12.3. The number of halogens is 3. The molecule has 0 aromatic rings. The molecule has 1 N–H and O–H groups in total. The van der Waals surface area contributed by atoms with E-state index in [4.69, 9.17) is 4.74 Å². The van der Waals surface area contributed by atoms with Crippen molar-refractivity contribution >= 4 is 11.8 Å². The summed E-state index contributed by atoms with van der Waals surface area (Å²) >= 11 is 0.103. The third kappa shape index (κ3) is 4.26. The smallest absolute Gasteiger partial charge is 0.377 e. The average molecular weight is 297 g/mol. The van der Waals surface area contributed by atoms with Crippen LogP contribution in [0.2, 0.25) is 0 Å². The average Bonchev–Trinajstić information content (AvgIpc) is 3.08. The van der Waals surface area contributed by atoms with Crippen molar-refractivity contribution in [2.75, 3.05) is 25.4 Å². The molecule has 2 rings (SSSR count). The van der Waals surface area contributed by atoms with Crippen molar-refractivity contribution in [2.24, 2.45) is 11.3 Å². The highest BCUT2D eigenvalue weighted by Gasteiger charge is 2.50. The van der Waals surface area contributed by atoms with Crippen LogP contribution in [0, 0.1) is 11.3 Å². The van der Waals surface area contributed by atoms with Crippen molar-refractivity contribution in [3.8, 4) is 0 Å². The first-order chi connectivity index (χ1) is 8.97. The van der Waals surface area contributed by atoms with Crippen molar-refractivity contribution in [3.63, 3.8) is 0 Å². The maximum absolute atomic E-state index is 12.3. The maximum Gasteiger partial charge on any atom is 0.441 e. The molecule has 112 valence electrons. The zero-order valence-electron chi connectivity index (χ0n) is 11.3. The number of hydrogen-bond donors (Lipinski definition) is 1. The van der Waals surface area contributed by atoms with Crippen LogP contribution in [0.1, 0.15) is 32.6 Å². The lowest BCUT2D eigenvalue weighted by atomic mass is 9.76. The number of nitrogens with one attached hydrogen (secondary N) is 1. The number of thioether (sulfide) groups is 1. The van der Waals surface area contributed by atoms with Crippen molar-refractivity contribution < 1.29 is 17.9 Å². The van der Waals surface area contributed by atoms with Gasteiger partial charge in [-0.15, -0.1) is 0 Å². The van der Waals surface area contributed by atoms with Crippen molar-refractivity contribution in [2.45, 2.75) is 44.2 Å². The Balaban J connectivity index is 1.93. The van der Waals surface area contributed by atoms with Crippen LogP contribution < -0.4 is 5.32 Å². The van der Waals surface area contributed by atoms with Crippen LogP contribution >= 0.6 is 11.8 Å². The van der Waals surface area contributed by atoms with Gasteiger partial charge in [-0.2, -0.15) is 13.2 Å². The van der Waals surface area contributed by atoms with Gasteiger partial charge in [0.15, 0.2) is 0 Å². The molecule has 1 saturated carbocycles. The van der Waals surface area contributed by atoms with Crippen LogP contribution in [0.25, 0.3) is 0 Å². The van der Waals surface area contributed by atoms with Crippen LogP contribution in [0.4, 0.5) is 13.2 Å². The van der Waals surface area contributed by atoms with E-state index in [-0.39, 0.29) is 29.0 Å². The lowest BCUT2D eigenvalue weighted by Crippen LogP contribution is -2.42. The minimum atomic E-state index is -4.12. The van der Waals surface area contributed by atoms with Gasteiger partial charge in [-0.05, 0) is 38.1 Å². The minimum absolute atomic E-state index is 0.0879. The fourth-order valence-electron chi connectivity index (χ4n) is 3.03. The molecule has 0 aromatic carbocycles. The molecule has 2 atom stereocenters. The zero-order chi connectivity index (χ0) is 13.9. The second kappa shape index (κ2) is 6.22. The Morgan fingerprint density at radius 1 is 1.37 bits per heavy atom. The quantitative estimate of drug-likeness (QED) is 0.778. The minimum Gasteiger partial charge on any atom is -0.377 e. The summed E-state index contributed by atoms with van der Waals surface area (Å²) in [7, 11) is 0. The number of ether oxygens (including phenoxy) is 1. The summed E-state index contributed by atoms with van der Waals surface area (Å²) in [6, 6.07) is 0. The Hall–Kier alpha value is 0.0600. The Kier molecular flexibility index (Phi) is 5.06. The molecule has 1 aliphatic heterocycles. The Morgan fingerprint density at radius 2 is 2.11 bits per heavy atom. The number of alkyl halides is 3. The van der Waals surface area contributed by atoms with E-state index in [0.717, 1.165) is 19.5 Å².